The Morgan fingerprint density at radius 3 is 1.67 bits per heavy atom. The van der Waals surface area contributed by atoms with Crippen LogP contribution < -0.4 is 29.6 Å². The molecule has 0 aromatic carbocycles. The Hall–Kier alpha value is -0.480. The summed E-state index contributed by atoms with van der Waals surface area (Å²) in [6.07, 6.45) is -2.73. The van der Waals surface area contributed by atoms with Gasteiger partial charge in [-0.1, -0.05) is 0 Å². The van der Waals surface area contributed by atoms with Crippen LogP contribution in [0.3, 0.4) is 0 Å². The monoisotopic (exact) mass is 296 g/mol. The standard InChI is InChI=1S/C6H9O10P.Na.H/c7-3(8)1-6(12,2-4(9)10)5(11)16-17(13,14)15;;/h12H,1-2H2,(H,7,8)(H,9,10)(H2,13,14,15);;/q;+1;-1. The fourth-order valence-electron chi connectivity index (χ4n) is 0.900. The number of rotatable bonds is 6. The second-order valence-corrected chi connectivity index (χ2v) is 4.21. The summed E-state index contributed by atoms with van der Waals surface area (Å²) in [7, 11) is -5.30. The van der Waals surface area contributed by atoms with Gasteiger partial charge in [-0.15, -0.1) is 0 Å². The van der Waals surface area contributed by atoms with Gasteiger partial charge < -0.3 is 21.3 Å². The first kappa shape index (κ1) is 19.9. The van der Waals surface area contributed by atoms with Crippen molar-refractivity contribution < 1.29 is 79.6 Å². The van der Waals surface area contributed by atoms with Crippen LogP contribution in [0.2, 0.25) is 0 Å². The molecule has 10 nitrogen and oxygen atoms in total. The third-order valence-corrected chi connectivity index (χ3v) is 1.87. The Bertz CT molecular complexity index is 375. The number of phosphoric acid groups is 1. The number of aliphatic carboxylic acids is 2. The maximum Gasteiger partial charge on any atom is 1.00 e. The second kappa shape index (κ2) is 7.19. The van der Waals surface area contributed by atoms with E-state index in [0.717, 1.165) is 0 Å². The van der Waals surface area contributed by atoms with E-state index in [4.69, 9.17) is 20.0 Å². The smallest absolute Gasteiger partial charge is 1.00 e. The third-order valence-electron chi connectivity index (χ3n) is 1.47. The van der Waals surface area contributed by atoms with E-state index in [0.29, 0.717) is 0 Å². The summed E-state index contributed by atoms with van der Waals surface area (Å²) in [4.78, 5) is 48.2. The Morgan fingerprint density at radius 1 is 1.11 bits per heavy atom. The largest absolute Gasteiger partial charge is 1.00 e. The predicted molar refractivity (Wildman–Crippen MR) is 48.7 cm³/mol. The molecule has 0 aliphatic heterocycles. The van der Waals surface area contributed by atoms with E-state index < -0.39 is 44.2 Å². The summed E-state index contributed by atoms with van der Waals surface area (Å²) in [6.45, 7) is 0. The summed E-state index contributed by atoms with van der Waals surface area (Å²) in [5.41, 5.74) is -3.04. The number of hydrogen-bond acceptors (Lipinski definition) is 6. The molecule has 0 radical (unpaired) electrons. The minimum atomic E-state index is -5.30. The van der Waals surface area contributed by atoms with E-state index in [-0.39, 0.29) is 31.0 Å². The van der Waals surface area contributed by atoms with E-state index in [1.165, 1.54) is 0 Å². The van der Waals surface area contributed by atoms with Crippen LogP contribution in [0.15, 0.2) is 0 Å². The zero-order chi connectivity index (χ0) is 13.9. The maximum atomic E-state index is 11.1. The Morgan fingerprint density at radius 2 is 1.44 bits per heavy atom. The van der Waals surface area contributed by atoms with E-state index in [9.17, 15) is 24.1 Å². The molecule has 5 N–H and O–H groups in total. The topological polar surface area (TPSA) is 179 Å². The van der Waals surface area contributed by atoms with Crippen molar-refractivity contribution in [2.75, 3.05) is 0 Å². The number of carboxylic acids is 2. The van der Waals surface area contributed by atoms with Gasteiger partial charge in [0.2, 0.25) is 0 Å². The van der Waals surface area contributed by atoms with Gasteiger partial charge in [-0.2, -0.15) is 0 Å². The third kappa shape index (κ3) is 7.77. The maximum absolute atomic E-state index is 11.1. The van der Waals surface area contributed by atoms with Gasteiger partial charge in [0.15, 0.2) is 5.60 Å². The average molecular weight is 296 g/mol. The van der Waals surface area contributed by atoms with E-state index in [2.05, 4.69) is 4.52 Å². The minimum Gasteiger partial charge on any atom is -1.00 e. The molecule has 0 rings (SSSR count). The van der Waals surface area contributed by atoms with Gasteiger partial charge in [-0.3, -0.25) is 19.4 Å². The van der Waals surface area contributed by atoms with Crippen molar-refractivity contribution in [3.05, 3.63) is 0 Å². The molecule has 12 heteroatoms. The van der Waals surface area contributed by atoms with Crippen LogP contribution in [-0.2, 0) is 23.5 Å². The van der Waals surface area contributed by atoms with Crippen molar-refractivity contribution >= 4 is 25.7 Å². The van der Waals surface area contributed by atoms with Crippen molar-refractivity contribution in [3.63, 3.8) is 0 Å². The van der Waals surface area contributed by atoms with Crippen LogP contribution in [0.4, 0.5) is 0 Å². The molecule has 0 saturated heterocycles. The van der Waals surface area contributed by atoms with Crippen LogP contribution in [-0.4, -0.2) is 48.6 Å². The second-order valence-electron chi connectivity index (χ2n) is 3.04. The van der Waals surface area contributed by atoms with Gasteiger partial charge in [-0.25, -0.2) is 9.36 Å². The molecule has 0 bridgehead atoms. The SMILES string of the molecule is O=C(O)CC(O)(CC(=O)O)C(=O)OP(=O)(O)O.[H-].[Na+]. The Labute approximate surface area is 124 Å². The zero-order valence-electron chi connectivity index (χ0n) is 10.1. The summed E-state index contributed by atoms with van der Waals surface area (Å²) in [5.74, 6) is -5.50. The van der Waals surface area contributed by atoms with E-state index in [1.807, 2.05) is 0 Å². The van der Waals surface area contributed by atoms with E-state index in [1.54, 1.807) is 0 Å². The van der Waals surface area contributed by atoms with Crippen molar-refractivity contribution in [1.29, 1.82) is 0 Å². The number of carbonyl (C=O) groups excluding carboxylic acids is 1. The molecule has 18 heavy (non-hydrogen) atoms. The molecule has 0 aliphatic rings. The first-order valence-corrected chi connectivity index (χ1v) is 5.45. The summed E-state index contributed by atoms with van der Waals surface area (Å²) >= 11 is 0. The molecule has 0 unspecified atom stereocenters. The van der Waals surface area contributed by atoms with Crippen LogP contribution in [0.5, 0.6) is 0 Å². The van der Waals surface area contributed by atoms with Crippen molar-refractivity contribution in [2.45, 2.75) is 18.4 Å². The van der Waals surface area contributed by atoms with Gasteiger partial charge in [0.1, 0.15) is 0 Å². The number of phosphoric ester groups is 1. The van der Waals surface area contributed by atoms with Crippen LogP contribution in [0.25, 0.3) is 0 Å². The quantitative estimate of drug-likeness (QED) is 0.236. The molecule has 100 valence electrons. The van der Waals surface area contributed by atoms with Crippen LogP contribution in [0.1, 0.15) is 14.3 Å². The van der Waals surface area contributed by atoms with Crippen LogP contribution >= 0.6 is 7.82 Å². The van der Waals surface area contributed by atoms with Gasteiger partial charge in [0, 0.05) is 0 Å². The van der Waals surface area contributed by atoms with E-state index >= 15 is 0 Å². The molecule has 0 saturated carbocycles. The van der Waals surface area contributed by atoms with Crippen molar-refractivity contribution in [3.8, 4) is 0 Å². The molecule has 0 heterocycles. The fourth-order valence-corrected chi connectivity index (χ4v) is 1.29. The normalized spacial score (nSPS) is 11.3. The van der Waals surface area contributed by atoms with Crippen molar-refractivity contribution in [1.82, 2.24) is 0 Å². The Kier molecular flexibility index (Phi) is 7.93. The first-order chi connectivity index (χ1) is 7.46. The molecule has 0 spiro atoms. The summed E-state index contributed by atoms with van der Waals surface area (Å²) in [5, 5.41) is 26.1. The van der Waals surface area contributed by atoms with Gasteiger partial charge in [0.25, 0.3) is 0 Å². The van der Waals surface area contributed by atoms with Gasteiger partial charge in [-0.05, 0) is 0 Å². The Balaban J connectivity index is -0.00000128. The minimum absolute atomic E-state index is 0. The molecule has 0 fully saturated rings. The van der Waals surface area contributed by atoms with Crippen LogP contribution in [0, 0.1) is 0 Å². The molecule has 0 amide bonds. The van der Waals surface area contributed by atoms with Crippen molar-refractivity contribution in [2.24, 2.45) is 0 Å². The number of aliphatic hydroxyl groups is 1. The molecule has 0 aliphatic carbocycles. The molecular formula is C6H10NaO10P. The predicted octanol–water partition coefficient (Wildman–Crippen LogP) is -4.58. The number of carbonyl (C=O) groups is 3. The van der Waals surface area contributed by atoms with Gasteiger partial charge >= 0.3 is 55.3 Å². The molecule has 0 aromatic rings. The average Bonchev–Trinajstić information content (AvgIpc) is 1.96. The number of hydrogen-bond donors (Lipinski definition) is 5. The summed E-state index contributed by atoms with van der Waals surface area (Å²) in [6, 6.07) is 0. The molecule has 0 atom stereocenters. The number of carboxylic acid groups (broad SMARTS) is 2. The zero-order valence-corrected chi connectivity index (χ0v) is 12.0. The molecule has 0 aromatic heterocycles. The summed E-state index contributed by atoms with van der Waals surface area (Å²) < 4.78 is 13.8. The first-order valence-electron chi connectivity index (χ1n) is 3.92. The van der Waals surface area contributed by atoms with Gasteiger partial charge in [0.05, 0.1) is 12.8 Å². The molecular weight excluding hydrogens is 286 g/mol. The fraction of sp³-hybridized carbons (Fsp3) is 0.500.